The Balaban J connectivity index is 2.14. The van der Waals surface area contributed by atoms with E-state index in [9.17, 15) is 0 Å². The Bertz CT molecular complexity index is 689. The zero-order chi connectivity index (χ0) is 13.9. The van der Waals surface area contributed by atoms with E-state index in [0.717, 1.165) is 35.5 Å². The third kappa shape index (κ3) is 2.39. The highest BCUT2D eigenvalue weighted by atomic mass is 14.9. The summed E-state index contributed by atoms with van der Waals surface area (Å²) in [5.41, 5.74) is 4.30. The molecule has 20 heavy (non-hydrogen) atoms. The second kappa shape index (κ2) is 5.37. The van der Waals surface area contributed by atoms with Gasteiger partial charge in [-0.3, -0.25) is 0 Å². The molecular formula is C17H19N3. The van der Waals surface area contributed by atoms with Gasteiger partial charge in [0.15, 0.2) is 0 Å². The molecule has 0 fully saturated rings. The van der Waals surface area contributed by atoms with Crippen molar-refractivity contribution in [3.63, 3.8) is 0 Å². The molecule has 0 spiro atoms. The van der Waals surface area contributed by atoms with Gasteiger partial charge >= 0.3 is 0 Å². The standard InChI is InChI=1S/C17H19N3/c1-3-18-14-7-5-12-9-13-6-8-15(19-4-2)11-17(13)20-16(12)10-14/h5-11,18-19H,3-4H2,1-2H3. The minimum Gasteiger partial charge on any atom is -0.385 e. The van der Waals surface area contributed by atoms with Crippen LogP contribution in [0, 0.1) is 0 Å². The van der Waals surface area contributed by atoms with Gasteiger partial charge in [-0.25, -0.2) is 4.98 Å². The first kappa shape index (κ1) is 12.7. The molecule has 0 unspecified atom stereocenters. The summed E-state index contributed by atoms with van der Waals surface area (Å²) in [6.07, 6.45) is 0. The Kier molecular flexibility index (Phi) is 3.42. The van der Waals surface area contributed by atoms with Crippen molar-refractivity contribution in [1.29, 1.82) is 0 Å². The molecule has 3 nitrogen and oxygen atoms in total. The summed E-state index contributed by atoms with van der Waals surface area (Å²) in [6.45, 7) is 6.04. The van der Waals surface area contributed by atoms with E-state index in [1.165, 1.54) is 10.8 Å². The molecule has 2 aromatic carbocycles. The van der Waals surface area contributed by atoms with Crippen molar-refractivity contribution in [3.05, 3.63) is 42.5 Å². The second-order valence-electron chi connectivity index (χ2n) is 4.86. The molecule has 1 aromatic heterocycles. The van der Waals surface area contributed by atoms with Gasteiger partial charge in [-0.15, -0.1) is 0 Å². The zero-order valence-electron chi connectivity index (χ0n) is 11.9. The average Bonchev–Trinajstić information content (AvgIpc) is 2.46. The van der Waals surface area contributed by atoms with E-state index in [-0.39, 0.29) is 0 Å². The van der Waals surface area contributed by atoms with Crippen LogP contribution in [0.3, 0.4) is 0 Å². The van der Waals surface area contributed by atoms with Crippen molar-refractivity contribution in [2.75, 3.05) is 23.7 Å². The van der Waals surface area contributed by atoms with Crippen LogP contribution in [0.25, 0.3) is 21.8 Å². The molecule has 0 radical (unpaired) electrons. The summed E-state index contributed by atoms with van der Waals surface area (Å²) in [5.74, 6) is 0. The summed E-state index contributed by atoms with van der Waals surface area (Å²) in [5, 5.41) is 9.01. The Morgan fingerprint density at radius 2 is 1.25 bits per heavy atom. The molecule has 0 aliphatic heterocycles. The molecule has 0 saturated heterocycles. The number of benzene rings is 2. The van der Waals surface area contributed by atoms with Crippen molar-refractivity contribution in [3.8, 4) is 0 Å². The molecule has 2 N–H and O–H groups in total. The van der Waals surface area contributed by atoms with Crippen molar-refractivity contribution in [1.82, 2.24) is 4.98 Å². The molecule has 3 aromatic rings. The quantitative estimate of drug-likeness (QED) is 0.692. The number of pyridine rings is 1. The maximum absolute atomic E-state index is 4.78. The molecule has 1 heterocycles. The number of aromatic nitrogens is 1. The molecule has 0 atom stereocenters. The third-order valence-electron chi connectivity index (χ3n) is 3.37. The van der Waals surface area contributed by atoms with Crippen LogP contribution in [0.2, 0.25) is 0 Å². The number of nitrogens with zero attached hydrogens (tertiary/aromatic N) is 1. The Hall–Kier alpha value is -2.29. The maximum atomic E-state index is 4.78. The van der Waals surface area contributed by atoms with Crippen LogP contribution in [-0.4, -0.2) is 18.1 Å². The number of hydrogen-bond acceptors (Lipinski definition) is 3. The van der Waals surface area contributed by atoms with Gasteiger partial charge in [0.25, 0.3) is 0 Å². The van der Waals surface area contributed by atoms with Crippen LogP contribution < -0.4 is 10.6 Å². The Morgan fingerprint density at radius 1 is 0.750 bits per heavy atom. The van der Waals surface area contributed by atoms with Crippen LogP contribution in [-0.2, 0) is 0 Å². The highest BCUT2D eigenvalue weighted by molar-refractivity contribution is 5.95. The summed E-state index contributed by atoms with van der Waals surface area (Å²) in [4.78, 5) is 4.78. The summed E-state index contributed by atoms with van der Waals surface area (Å²) < 4.78 is 0. The number of rotatable bonds is 4. The highest BCUT2D eigenvalue weighted by Gasteiger charge is 2.02. The number of nitrogens with one attached hydrogen (secondary N) is 2. The highest BCUT2D eigenvalue weighted by Crippen LogP contribution is 2.24. The second-order valence-corrected chi connectivity index (χ2v) is 4.86. The van der Waals surface area contributed by atoms with Crippen molar-refractivity contribution < 1.29 is 0 Å². The molecule has 0 aliphatic carbocycles. The van der Waals surface area contributed by atoms with Gasteiger partial charge in [-0.1, -0.05) is 12.1 Å². The van der Waals surface area contributed by atoms with E-state index >= 15 is 0 Å². The first-order valence-corrected chi connectivity index (χ1v) is 7.12. The largest absolute Gasteiger partial charge is 0.385 e. The summed E-state index contributed by atoms with van der Waals surface area (Å²) in [7, 11) is 0. The van der Waals surface area contributed by atoms with Gasteiger partial charge in [0.1, 0.15) is 0 Å². The van der Waals surface area contributed by atoms with Gasteiger partial charge in [-0.05, 0) is 44.2 Å². The van der Waals surface area contributed by atoms with E-state index in [0.29, 0.717) is 0 Å². The predicted molar refractivity (Wildman–Crippen MR) is 87.6 cm³/mol. The normalized spacial score (nSPS) is 10.9. The van der Waals surface area contributed by atoms with Crippen LogP contribution >= 0.6 is 0 Å². The van der Waals surface area contributed by atoms with Crippen LogP contribution in [0.15, 0.2) is 42.5 Å². The van der Waals surface area contributed by atoms with Gasteiger partial charge in [0, 0.05) is 35.2 Å². The lowest BCUT2D eigenvalue weighted by molar-refractivity contribution is 1.21. The molecule has 0 saturated carbocycles. The lowest BCUT2D eigenvalue weighted by atomic mass is 10.1. The minimum atomic E-state index is 0.920. The van der Waals surface area contributed by atoms with Crippen LogP contribution in [0.5, 0.6) is 0 Å². The first-order valence-electron chi connectivity index (χ1n) is 7.12. The SMILES string of the molecule is CCNc1ccc2cc3ccc(NCC)cc3nc2c1. The fraction of sp³-hybridized carbons (Fsp3) is 0.235. The van der Waals surface area contributed by atoms with E-state index in [1.807, 2.05) is 0 Å². The van der Waals surface area contributed by atoms with E-state index in [2.05, 4.69) is 66.9 Å². The molecule has 0 amide bonds. The molecule has 0 bridgehead atoms. The minimum absolute atomic E-state index is 0.920. The van der Waals surface area contributed by atoms with Gasteiger partial charge in [-0.2, -0.15) is 0 Å². The Labute approximate surface area is 119 Å². The maximum Gasteiger partial charge on any atom is 0.0730 e. The average molecular weight is 265 g/mol. The molecular weight excluding hydrogens is 246 g/mol. The topological polar surface area (TPSA) is 37.0 Å². The van der Waals surface area contributed by atoms with Crippen molar-refractivity contribution >= 4 is 33.2 Å². The van der Waals surface area contributed by atoms with Crippen LogP contribution in [0.4, 0.5) is 11.4 Å². The van der Waals surface area contributed by atoms with Crippen molar-refractivity contribution in [2.45, 2.75) is 13.8 Å². The number of fused-ring (bicyclic) bond motifs is 2. The van der Waals surface area contributed by atoms with Crippen molar-refractivity contribution in [2.24, 2.45) is 0 Å². The monoisotopic (exact) mass is 265 g/mol. The molecule has 3 heteroatoms. The van der Waals surface area contributed by atoms with E-state index in [4.69, 9.17) is 4.98 Å². The molecule has 0 aliphatic rings. The first-order chi connectivity index (χ1) is 9.80. The summed E-state index contributed by atoms with van der Waals surface area (Å²) in [6, 6.07) is 14.9. The van der Waals surface area contributed by atoms with Gasteiger partial charge < -0.3 is 10.6 Å². The van der Waals surface area contributed by atoms with Gasteiger partial charge in [0.05, 0.1) is 11.0 Å². The smallest absolute Gasteiger partial charge is 0.0730 e. The number of anilines is 2. The lowest BCUT2D eigenvalue weighted by Crippen LogP contribution is -1.97. The summed E-state index contributed by atoms with van der Waals surface area (Å²) >= 11 is 0. The predicted octanol–water partition coefficient (Wildman–Crippen LogP) is 4.25. The zero-order valence-corrected chi connectivity index (χ0v) is 11.9. The van der Waals surface area contributed by atoms with E-state index < -0.39 is 0 Å². The lowest BCUT2D eigenvalue weighted by Gasteiger charge is -2.08. The fourth-order valence-electron chi connectivity index (χ4n) is 2.45. The molecule has 3 rings (SSSR count). The number of hydrogen-bond donors (Lipinski definition) is 2. The third-order valence-corrected chi connectivity index (χ3v) is 3.37. The van der Waals surface area contributed by atoms with Gasteiger partial charge in [0.2, 0.25) is 0 Å². The van der Waals surface area contributed by atoms with E-state index in [1.54, 1.807) is 0 Å². The Morgan fingerprint density at radius 3 is 1.70 bits per heavy atom. The van der Waals surface area contributed by atoms with Crippen LogP contribution in [0.1, 0.15) is 13.8 Å². The molecule has 102 valence electrons. The fourth-order valence-corrected chi connectivity index (χ4v) is 2.45.